The Morgan fingerprint density at radius 1 is 1.11 bits per heavy atom. The van der Waals surface area contributed by atoms with E-state index in [4.69, 9.17) is 9.47 Å². The summed E-state index contributed by atoms with van der Waals surface area (Å²) in [4.78, 5) is 2.10. The van der Waals surface area contributed by atoms with Gasteiger partial charge in [0.15, 0.2) is 0 Å². The third kappa shape index (κ3) is 7.42. The fourth-order valence-corrected chi connectivity index (χ4v) is 1.32. The van der Waals surface area contributed by atoms with Gasteiger partial charge in [-0.05, 0) is 34.3 Å². The average molecular weight is 274 g/mol. The van der Waals surface area contributed by atoms with Crippen LogP contribution in [0.3, 0.4) is 0 Å². The molecule has 18 heavy (non-hydrogen) atoms. The van der Waals surface area contributed by atoms with Crippen LogP contribution in [0, 0.1) is 0 Å². The summed E-state index contributed by atoms with van der Waals surface area (Å²) in [6, 6.07) is 5.87. The maximum absolute atomic E-state index is 5.28. The molecule has 1 N–H and O–H groups in total. The van der Waals surface area contributed by atoms with Gasteiger partial charge in [-0.1, -0.05) is 6.07 Å². The Morgan fingerprint density at radius 3 is 2.06 bits per heavy atom. The van der Waals surface area contributed by atoms with Gasteiger partial charge in [0.1, 0.15) is 11.5 Å². The number of methoxy groups -OCH3 is 2. The average Bonchev–Trinajstić information content (AvgIpc) is 2.30. The molecule has 0 heterocycles. The fraction of sp³-hybridized carbons (Fsp3) is 0.538. The van der Waals surface area contributed by atoms with Crippen molar-refractivity contribution >= 4 is 13.5 Å². The first-order valence-electron chi connectivity index (χ1n) is 5.53. The van der Waals surface area contributed by atoms with Gasteiger partial charge in [0.2, 0.25) is 0 Å². The Morgan fingerprint density at radius 2 is 1.67 bits per heavy atom. The van der Waals surface area contributed by atoms with Crippen molar-refractivity contribution in [2.24, 2.45) is 0 Å². The molecule has 0 aliphatic heterocycles. The molecule has 0 bridgehead atoms. The van der Waals surface area contributed by atoms with Crippen molar-refractivity contribution in [1.29, 1.82) is 0 Å². The van der Waals surface area contributed by atoms with Gasteiger partial charge in [-0.3, -0.25) is 0 Å². The number of nitrogens with zero attached hydrogens (tertiary/aromatic N) is 1. The SMILES string of the molecule is CNC.COc1ccc(CN(C)C)c(OC)c1.S. The molecule has 0 fully saturated rings. The second-order valence-corrected chi connectivity index (χ2v) is 3.92. The molecule has 0 aromatic heterocycles. The van der Waals surface area contributed by atoms with Crippen molar-refractivity contribution in [3.05, 3.63) is 23.8 Å². The van der Waals surface area contributed by atoms with Crippen LogP contribution in [0.1, 0.15) is 5.56 Å². The van der Waals surface area contributed by atoms with Crippen LogP contribution < -0.4 is 14.8 Å². The van der Waals surface area contributed by atoms with Crippen molar-refractivity contribution in [3.8, 4) is 11.5 Å². The Hall–Kier alpha value is -0.910. The zero-order valence-electron chi connectivity index (χ0n) is 12.2. The van der Waals surface area contributed by atoms with Gasteiger partial charge in [0.25, 0.3) is 0 Å². The van der Waals surface area contributed by atoms with Crippen LogP contribution in [-0.2, 0) is 6.54 Å². The smallest absolute Gasteiger partial charge is 0.127 e. The van der Waals surface area contributed by atoms with Gasteiger partial charge in [0.05, 0.1) is 14.2 Å². The van der Waals surface area contributed by atoms with Gasteiger partial charge in [-0.25, -0.2) is 0 Å². The number of benzene rings is 1. The van der Waals surface area contributed by atoms with E-state index in [1.165, 1.54) is 5.56 Å². The van der Waals surface area contributed by atoms with Crippen LogP contribution in [0.4, 0.5) is 0 Å². The van der Waals surface area contributed by atoms with E-state index in [2.05, 4.69) is 10.2 Å². The maximum Gasteiger partial charge on any atom is 0.127 e. The van der Waals surface area contributed by atoms with Crippen LogP contribution in [0.5, 0.6) is 11.5 Å². The molecule has 0 saturated heterocycles. The number of hydrogen-bond donors (Lipinski definition) is 1. The molecule has 0 spiro atoms. The lowest BCUT2D eigenvalue weighted by Gasteiger charge is -2.14. The van der Waals surface area contributed by atoms with E-state index in [-0.39, 0.29) is 13.5 Å². The van der Waals surface area contributed by atoms with Gasteiger partial charge >= 0.3 is 0 Å². The quantitative estimate of drug-likeness (QED) is 0.906. The van der Waals surface area contributed by atoms with E-state index in [1.54, 1.807) is 14.2 Å². The molecular formula is C13H26N2O2S. The summed E-state index contributed by atoms with van der Waals surface area (Å²) in [6.07, 6.45) is 0. The molecule has 0 aliphatic carbocycles. The third-order valence-corrected chi connectivity index (χ3v) is 1.98. The summed E-state index contributed by atoms with van der Waals surface area (Å²) in [5.74, 6) is 1.70. The van der Waals surface area contributed by atoms with Crippen molar-refractivity contribution in [3.63, 3.8) is 0 Å². The van der Waals surface area contributed by atoms with Crippen molar-refractivity contribution < 1.29 is 9.47 Å². The first-order chi connectivity index (χ1) is 8.08. The third-order valence-electron chi connectivity index (χ3n) is 1.98. The van der Waals surface area contributed by atoms with Crippen LogP contribution >= 0.6 is 13.5 Å². The molecule has 1 aromatic rings. The lowest BCUT2D eigenvalue weighted by molar-refractivity contribution is 0.365. The Balaban J connectivity index is 0. The molecule has 0 unspecified atom stereocenters. The number of rotatable bonds is 4. The summed E-state index contributed by atoms with van der Waals surface area (Å²) in [5.41, 5.74) is 1.17. The number of ether oxygens (including phenoxy) is 2. The lowest BCUT2D eigenvalue weighted by Crippen LogP contribution is -2.11. The summed E-state index contributed by atoms with van der Waals surface area (Å²) < 4.78 is 10.4. The minimum Gasteiger partial charge on any atom is -0.497 e. The highest BCUT2D eigenvalue weighted by Gasteiger charge is 2.05. The van der Waals surface area contributed by atoms with Gasteiger partial charge in [-0.15, -0.1) is 0 Å². The highest BCUT2D eigenvalue weighted by molar-refractivity contribution is 7.59. The second kappa shape index (κ2) is 11.2. The molecule has 0 amide bonds. The van der Waals surface area contributed by atoms with Crippen LogP contribution in [-0.4, -0.2) is 47.3 Å². The van der Waals surface area contributed by atoms with E-state index in [0.29, 0.717) is 0 Å². The van der Waals surface area contributed by atoms with E-state index >= 15 is 0 Å². The fourth-order valence-electron chi connectivity index (χ4n) is 1.32. The summed E-state index contributed by atoms with van der Waals surface area (Å²) in [6.45, 7) is 0.868. The molecule has 5 heteroatoms. The van der Waals surface area contributed by atoms with Gasteiger partial charge < -0.3 is 19.7 Å². The second-order valence-electron chi connectivity index (χ2n) is 3.92. The molecule has 0 atom stereocenters. The predicted octanol–water partition coefficient (Wildman–Crippen LogP) is 1.71. The molecule has 1 rings (SSSR count). The first kappa shape index (κ1) is 19.4. The van der Waals surface area contributed by atoms with E-state index < -0.39 is 0 Å². The standard InChI is InChI=1S/C11H17NO2.C2H7N.H2S/c1-12(2)8-9-5-6-10(13-3)7-11(9)14-4;1-3-2;/h5-7H,8H2,1-4H3;3H,1-2H3;1H2. The zero-order valence-corrected chi connectivity index (χ0v) is 13.2. The monoisotopic (exact) mass is 274 g/mol. The molecule has 1 aromatic carbocycles. The summed E-state index contributed by atoms with van der Waals surface area (Å²) in [7, 11) is 11.1. The Labute approximate surface area is 118 Å². The topological polar surface area (TPSA) is 33.7 Å². The van der Waals surface area contributed by atoms with Crippen LogP contribution in [0.25, 0.3) is 0 Å². The maximum atomic E-state index is 5.28. The lowest BCUT2D eigenvalue weighted by atomic mass is 10.2. The van der Waals surface area contributed by atoms with E-state index in [9.17, 15) is 0 Å². The highest BCUT2D eigenvalue weighted by atomic mass is 32.1. The van der Waals surface area contributed by atoms with Crippen LogP contribution in [0.2, 0.25) is 0 Å². The predicted molar refractivity (Wildman–Crippen MR) is 82.3 cm³/mol. The molecule has 4 nitrogen and oxygen atoms in total. The largest absolute Gasteiger partial charge is 0.497 e. The minimum atomic E-state index is 0. The highest BCUT2D eigenvalue weighted by Crippen LogP contribution is 2.25. The minimum absolute atomic E-state index is 0. The molecule has 106 valence electrons. The van der Waals surface area contributed by atoms with Crippen molar-refractivity contribution in [2.45, 2.75) is 6.54 Å². The summed E-state index contributed by atoms with van der Waals surface area (Å²) in [5, 5.41) is 2.75. The Bertz CT molecular complexity index is 320. The normalized spacial score (nSPS) is 9.06. The van der Waals surface area contributed by atoms with Crippen molar-refractivity contribution in [1.82, 2.24) is 10.2 Å². The zero-order chi connectivity index (χ0) is 13.3. The van der Waals surface area contributed by atoms with Gasteiger partial charge in [-0.2, -0.15) is 13.5 Å². The number of nitrogens with one attached hydrogen (secondary N) is 1. The first-order valence-corrected chi connectivity index (χ1v) is 5.53. The van der Waals surface area contributed by atoms with Crippen LogP contribution in [0.15, 0.2) is 18.2 Å². The molecule has 0 saturated carbocycles. The molecule has 0 aliphatic rings. The van der Waals surface area contributed by atoms with Gasteiger partial charge in [0, 0.05) is 18.2 Å². The van der Waals surface area contributed by atoms with E-state index in [0.717, 1.165) is 18.0 Å². The van der Waals surface area contributed by atoms with E-state index in [1.807, 2.05) is 46.4 Å². The summed E-state index contributed by atoms with van der Waals surface area (Å²) >= 11 is 0. The Kier molecular flexibility index (Phi) is 12.1. The molecule has 0 radical (unpaired) electrons. The number of hydrogen-bond acceptors (Lipinski definition) is 4. The molecular weight excluding hydrogens is 248 g/mol. The van der Waals surface area contributed by atoms with Crippen molar-refractivity contribution in [2.75, 3.05) is 42.4 Å².